The topological polar surface area (TPSA) is 85.2 Å². The minimum atomic E-state index is -0.00490. The maximum atomic E-state index is 13.5. The van der Waals surface area contributed by atoms with Crippen LogP contribution in [-0.2, 0) is 0 Å². The second-order valence-corrected chi connectivity index (χ2v) is 8.67. The highest BCUT2D eigenvalue weighted by molar-refractivity contribution is 7.12. The Kier molecular flexibility index (Phi) is 6.07. The van der Waals surface area contributed by atoms with Gasteiger partial charge < -0.3 is 15.2 Å². The molecule has 4 heterocycles. The summed E-state index contributed by atoms with van der Waals surface area (Å²) < 4.78 is 5.44. The maximum Gasteiger partial charge on any atom is 0.259 e. The summed E-state index contributed by atoms with van der Waals surface area (Å²) in [5.41, 5.74) is 9.44. The lowest BCUT2D eigenvalue weighted by Gasteiger charge is -2.35. The monoisotopic (exact) mass is 420 g/mol. The van der Waals surface area contributed by atoms with Crippen LogP contribution in [0.25, 0.3) is 22.4 Å². The summed E-state index contributed by atoms with van der Waals surface area (Å²) in [5.74, 6) is -0.00490. The quantitative estimate of drug-likeness (QED) is 0.684. The third-order valence-corrected chi connectivity index (χ3v) is 6.29. The standard InChI is InChI=1S/C20H24N4O2S.ClH/c1-11-8-15(13(3)27-11)17-9-16(18-12(2)23-26-19(18)22-17)20(25)24-7-5-4-6-14(24)10-21;/h8-9,14H,4-7,10,21H2,1-3H3;1H. The second kappa shape index (κ2) is 8.19. The van der Waals surface area contributed by atoms with Crippen molar-refractivity contribution in [3.8, 4) is 11.3 Å². The van der Waals surface area contributed by atoms with Crippen LogP contribution in [0.4, 0.5) is 0 Å². The van der Waals surface area contributed by atoms with Crippen LogP contribution in [0.15, 0.2) is 16.7 Å². The van der Waals surface area contributed by atoms with Crippen molar-refractivity contribution >= 4 is 40.8 Å². The molecule has 0 spiro atoms. The zero-order chi connectivity index (χ0) is 19.1. The van der Waals surface area contributed by atoms with E-state index in [0.717, 1.165) is 37.1 Å². The fraction of sp³-hybridized carbons (Fsp3) is 0.450. The van der Waals surface area contributed by atoms with E-state index in [1.165, 1.54) is 9.75 Å². The Bertz CT molecular complexity index is 1010. The van der Waals surface area contributed by atoms with Gasteiger partial charge in [-0.3, -0.25) is 4.79 Å². The third kappa shape index (κ3) is 3.54. The molecule has 1 atom stereocenters. The molecule has 0 radical (unpaired) electrons. The number of thiophene rings is 1. The number of aryl methyl sites for hydroxylation is 3. The molecule has 0 bridgehead atoms. The molecule has 1 amide bonds. The van der Waals surface area contributed by atoms with E-state index in [1.807, 2.05) is 17.9 Å². The van der Waals surface area contributed by atoms with Crippen molar-refractivity contribution in [2.45, 2.75) is 46.1 Å². The summed E-state index contributed by atoms with van der Waals surface area (Å²) in [6.07, 6.45) is 3.08. The molecule has 1 aliphatic heterocycles. The molecule has 0 saturated carbocycles. The highest BCUT2D eigenvalue weighted by atomic mass is 35.5. The molecule has 0 aliphatic carbocycles. The number of piperidine rings is 1. The predicted octanol–water partition coefficient (Wildman–Crippen LogP) is 4.25. The Labute approximate surface area is 174 Å². The van der Waals surface area contributed by atoms with Crippen LogP contribution in [0, 0.1) is 20.8 Å². The molecular weight excluding hydrogens is 396 g/mol. The summed E-state index contributed by atoms with van der Waals surface area (Å²) in [6, 6.07) is 4.09. The van der Waals surface area contributed by atoms with Gasteiger partial charge in [-0.15, -0.1) is 23.7 Å². The predicted molar refractivity (Wildman–Crippen MR) is 114 cm³/mol. The lowest BCUT2D eigenvalue weighted by Crippen LogP contribution is -2.47. The van der Waals surface area contributed by atoms with Gasteiger partial charge >= 0.3 is 0 Å². The molecule has 1 aliphatic rings. The van der Waals surface area contributed by atoms with E-state index >= 15 is 0 Å². The SMILES string of the molecule is Cc1cc(-c2cc(C(=O)N3CCCCC3CN)c3c(C)noc3n2)c(C)s1.Cl. The highest BCUT2D eigenvalue weighted by Gasteiger charge is 2.29. The van der Waals surface area contributed by atoms with Crippen LogP contribution >= 0.6 is 23.7 Å². The van der Waals surface area contributed by atoms with Gasteiger partial charge in [-0.05, 0) is 52.2 Å². The Morgan fingerprint density at radius 2 is 2.11 bits per heavy atom. The Balaban J connectivity index is 0.00000225. The van der Waals surface area contributed by atoms with Crippen LogP contribution in [-0.4, -0.2) is 40.1 Å². The Morgan fingerprint density at radius 3 is 2.79 bits per heavy atom. The van der Waals surface area contributed by atoms with Gasteiger partial charge in [0.2, 0.25) is 0 Å². The van der Waals surface area contributed by atoms with E-state index in [0.29, 0.717) is 28.9 Å². The van der Waals surface area contributed by atoms with Crippen molar-refractivity contribution in [1.82, 2.24) is 15.0 Å². The summed E-state index contributed by atoms with van der Waals surface area (Å²) >= 11 is 1.72. The minimum Gasteiger partial charge on any atom is -0.335 e. The largest absolute Gasteiger partial charge is 0.335 e. The van der Waals surface area contributed by atoms with Gasteiger partial charge in [-0.1, -0.05) is 5.16 Å². The molecule has 6 nitrogen and oxygen atoms in total. The van der Waals surface area contributed by atoms with Gasteiger partial charge in [-0.25, -0.2) is 4.98 Å². The number of hydrogen-bond donors (Lipinski definition) is 1. The summed E-state index contributed by atoms with van der Waals surface area (Å²) in [6.45, 7) is 7.21. The third-order valence-electron chi connectivity index (χ3n) is 5.32. The first-order chi connectivity index (χ1) is 13.0. The zero-order valence-electron chi connectivity index (χ0n) is 16.3. The summed E-state index contributed by atoms with van der Waals surface area (Å²) in [7, 11) is 0. The maximum absolute atomic E-state index is 13.5. The molecule has 1 unspecified atom stereocenters. The number of carbonyl (C=O) groups is 1. The molecule has 4 rings (SSSR count). The first-order valence-electron chi connectivity index (χ1n) is 9.35. The normalized spacial score (nSPS) is 17.0. The molecule has 150 valence electrons. The van der Waals surface area contributed by atoms with Gasteiger partial charge in [-0.2, -0.15) is 0 Å². The molecule has 3 aromatic heterocycles. The average molecular weight is 421 g/mol. The lowest BCUT2D eigenvalue weighted by atomic mass is 9.99. The number of carbonyl (C=O) groups excluding carboxylic acids is 1. The number of likely N-dealkylation sites (tertiary alicyclic amines) is 1. The van der Waals surface area contributed by atoms with Crippen molar-refractivity contribution in [2.75, 3.05) is 13.1 Å². The van der Waals surface area contributed by atoms with E-state index in [1.54, 1.807) is 11.3 Å². The van der Waals surface area contributed by atoms with Crippen LogP contribution in [0.5, 0.6) is 0 Å². The van der Waals surface area contributed by atoms with Crippen LogP contribution in [0.2, 0.25) is 0 Å². The van der Waals surface area contributed by atoms with E-state index in [-0.39, 0.29) is 24.4 Å². The minimum absolute atomic E-state index is 0. The highest BCUT2D eigenvalue weighted by Crippen LogP contribution is 2.33. The van der Waals surface area contributed by atoms with Crippen molar-refractivity contribution in [2.24, 2.45) is 5.73 Å². The number of halogens is 1. The first-order valence-corrected chi connectivity index (χ1v) is 10.2. The number of hydrogen-bond acceptors (Lipinski definition) is 6. The summed E-state index contributed by atoms with van der Waals surface area (Å²) in [5, 5.41) is 4.76. The van der Waals surface area contributed by atoms with Crippen LogP contribution < -0.4 is 5.73 Å². The number of nitrogens with zero attached hydrogens (tertiary/aromatic N) is 3. The molecule has 2 N–H and O–H groups in total. The van der Waals surface area contributed by atoms with E-state index in [4.69, 9.17) is 10.3 Å². The Hall–Kier alpha value is -1.96. The second-order valence-electron chi connectivity index (χ2n) is 7.21. The molecule has 28 heavy (non-hydrogen) atoms. The summed E-state index contributed by atoms with van der Waals surface area (Å²) in [4.78, 5) is 22.4. The molecule has 8 heteroatoms. The number of pyridine rings is 1. The van der Waals surface area contributed by atoms with Gasteiger partial charge in [0.1, 0.15) is 0 Å². The van der Waals surface area contributed by atoms with E-state index < -0.39 is 0 Å². The number of rotatable bonds is 3. The van der Waals surface area contributed by atoms with Gasteiger partial charge in [0, 0.05) is 34.4 Å². The van der Waals surface area contributed by atoms with E-state index in [9.17, 15) is 4.79 Å². The molecule has 0 aromatic carbocycles. The molecule has 3 aromatic rings. The van der Waals surface area contributed by atoms with Crippen LogP contribution in [0.1, 0.15) is 45.1 Å². The fourth-order valence-electron chi connectivity index (χ4n) is 3.95. The van der Waals surface area contributed by atoms with E-state index in [2.05, 4.69) is 30.1 Å². The number of aromatic nitrogens is 2. The Morgan fingerprint density at radius 1 is 1.32 bits per heavy atom. The molecule has 1 saturated heterocycles. The van der Waals surface area contributed by atoms with Crippen molar-refractivity contribution in [3.63, 3.8) is 0 Å². The number of amides is 1. The lowest BCUT2D eigenvalue weighted by molar-refractivity contribution is 0.0625. The van der Waals surface area contributed by atoms with Crippen LogP contribution in [0.3, 0.4) is 0 Å². The molecular formula is C20H25ClN4O2S. The first kappa shape index (κ1) is 20.8. The van der Waals surface area contributed by atoms with Crippen molar-refractivity contribution in [3.05, 3.63) is 33.1 Å². The van der Waals surface area contributed by atoms with Gasteiger partial charge in [0.05, 0.1) is 22.3 Å². The fourth-order valence-corrected chi connectivity index (χ4v) is 4.89. The van der Waals surface area contributed by atoms with Gasteiger partial charge in [0.25, 0.3) is 11.6 Å². The zero-order valence-corrected chi connectivity index (χ0v) is 18.0. The van der Waals surface area contributed by atoms with Crippen molar-refractivity contribution < 1.29 is 9.32 Å². The average Bonchev–Trinajstić information content (AvgIpc) is 3.22. The van der Waals surface area contributed by atoms with Gasteiger partial charge in [0.15, 0.2) is 0 Å². The smallest absolute Gasteiger partial charge is 0.259 e. The van der Waals surface area contributed by atoms with Crippen molar-refractivity contribution in [1.29, 1.82) is 0 Å². The number of fused-ring (bicyclic) bond motifs is 1. The molecule has 1 fully saturated rings. The number of nitrogens with two attached hydrogens (primary N) is 1.